The van der Waals surface area contributed by atoms with Crippen LogP contribution in [0.5, 0.6) is 0 Å². The fourth-order valence-corrected chi connectivity index (χ4v) is 1.93. The van der Waals surface area contributed by atoms with E-state index in [9.17, 15) is 0 Å². The second kappa shape index (κ2) is 5.54. The number of ether oxygens (including phenoxy) is 1. The molecule has 1 aliphatic heterocycles. The van der Waals surface area contributed by atoms with E-state index in [-0.39, 0.29) is 6.10 Å². The predicted molar refractivity (Wildman–Crippen MR) is 56.1 cm³/mol. The molecule has 2 rings (SSSR count). The highest BCUT2D eigenvalue weighted by Crippen LogP contribution is 2.36. The quantitative estimate of drug-likeness (QED) is 0.802. The lowest BCUT2D eigenvalue weighted by atomic mass is 10.2. The molecule has 0 aliphatic carbocycles. The van der Waals surface area contributed by atoms with Gasteiger partial charge in [-0.3, -0.25) is 0 Å². The largest absolute Gasteiger partial charge is 0.369 e. The van der Waals surface area contributed by atoms with Crippen molar-refractivity contribution in [2.45, 2.75) is 12.7 Å². The van der Waals surface area contributed by atoms with Gasteiger partial charge in [-0.2, -0.15) is 0 Å². The minimum atomic E-state index is -1.66. The second-order valence-electron chi connectivity index (χ2n) is 3.25. The third-order valence-electron chi connectivity index (χ3n) is 2.07. The third-order valence-corrected chi connectivity index (χ3v) is 2.81. The summed E-state index contributed by atoms with van der Waals surface area (Å²) in [5.74, 6) is 0. The Hall–Kier alpha value is -0.510. The van der Waals surface area contributed by atoms with E-state index in [4.69, 9.17) is 18.7 Å². The van der Waals surface area contributed by atoms with Gasteiger partial charge in [0.2, 0.25) is 0 Å². The molecule has 0 aromatic heterocycles. The topological polar surface area (TPSA) is 47.9 Å². The van der Waals surface area contributed by atoms with Crippen LogP contribution in [0.1, 0.15) is 5.56 Å². The molecule has 0 bridgehead atoms. The zero-order valence-electron chi connectivity index (χ0n) is 8.20. The van der Waals surface area contributed by atoms with Crippen LogP contribution in [0.2, 0.25) is 0 Å². The normalized spacial score (nSPS) is 26.5. The van der Waals surface area contributed by atoms with Crippen molar-refractivity contribution in [1.82, 2.24) is 0 Å². The molecule has 1 aromatic rings. The van der Waals surface area contributed by atoms with E-state index in [1.54, 1.807) is 0 Å². The van der Waals surface area contributed by atoms with Gasteiger partial charge in [-0.05, 0) is 5.56 Å². The van der Waals surface area contributed by atoms with E-state index >= 15 is 0 Å². The van der Waals surface area contributed by atoms with Crippen LogP contribution in [-0.4, -0.2) is 24.2 Å². The van der Waals surface area contributed by atoms with Crippen LogP contribution in [0.15, 0.2) is 30.3 Å². The molecule has 0 radical (unpaired) electrons. The summed E-state index contributed by atoms with van der Waals surface area (Å²) in [6, 6.07) is 9.92. The molecule has 1 saturated heterocycles. The van der Waals surface area contributed by atoms with Crippen molar-refractivity contribution in [2.24, 2.45) is 0 Å². The van der Waals surface area contributed by atoms with E-state index in [0.29, 0.717) is 19.8 Å². The van der Waals surface area contributed by atoms with Crippen LogP contribution in [0.25, 0.3) is 0 Å². The fraction of sp³-hybridized carbons (Fsp3) is 0.400. The Morgan fingerprint density at radius 1 is 1.27 bits per heavy atom. The van der Waals surface area contributed by atoms with E-state index in [1.165, 1.54) is 0 Å². The lowest BCUT2D eigenvalue weighted by Crippen LogP contribution is -2.27. The lowest BCUT2D eigenvalue weighted by molar-refractivity contribution is -0.0456. The summed E-state index contributed by atoms with van der Waals surface area (Å²) in [4.78, 5) is 8.98. The summed E-state index contributed by atoms with van der Waals surface area (Å²) >= 11 is 0. The zero-order valence-corrected chi connectivity index (χ0v) is 9.10. The van der Waals surface area contributed by atoms with Crippen molar-refractivity contribution in [2.75, 3.05) is 13.2 Å². The first-order valence-corrected chi connectivity index (χ1v) is 5.88. The van der Waals surface area contributed by atoms with Crippen LogP contribution in [0.3, 0.4) is 0 Å². The molecule has 1 fully saturated rings. The number of rotatable bonds is 3. The van der Waals surface area contributed by atoms with Gasteiger partial charge >= 0.3 is 8.60 Å². The van der Waals surface area contributed by atoms with Crippen molar-refractivity contribution in [1.29, 1.82) is 0 Å². The number of benzene rings is 1. The van der Waals surface area contributed by atoms with Gasteiger partial charge in [-0.15, -0.1) is 0 Å². The molecule has 0 amide bonds. The van der Waals surface area contributed by atoms with Crippen molar-refractivity contribution < 1.29 is 18.7 Å². The minimum Gasteiger partial charge on any atom is -0.369 e. The van der Waals surface area contributed by atoms with Gasteiger partial charge in [-0.25, -0.2) is 0 Å². The van der Waals surface area contributed by atoms with Crippen molar-refractivity contribution in [3.8, 4) is 0 Å². The molecule has 5 heteroatoms. The summed E-state index contributed by atoms with van der Waals surface area (Å²) < 4.78 is 15.5. The number of hydrogen-bond donors (Lipinski definition) is 1. The van der Waals surface area contributed by atoms with Crippen LogP contribution >= 0.6 is 8.60 Å². The Kier molecular flexibility index (Phi) is 4.06. The Morgan fingerprint density at radius 3 is 2.60 bits per heavy atom. The summed E-state index contributed by atoms with van der Waals surface area (Å²) in [6.45, 7) is 1.34. The molecule has 82 valence electrons. The standard InChI is InChI=1S/C10H13O4P/c11-15-13-7-10(8-14-15)12-6-9-4-2-1-3-5-9/h1-5,10-11H,6-8H2. The maximum Gasteiger partial charge on any atom is 0.330 e. The van der Waals surface area contributed by atoms with Crippen LogP contribution in [0.4, 0.5) is 0 Å². The second-order valence-corrected chi connectivity index (χ2v) is 4.24. The smallest absolute Gasteiger partial charge is 0.330 e. The average molecular weight is 228 g/mol. The Balaban J connectivity index is 1.74. The lowest BCUT2D eigenvalue weighted by Gasteiger charge is -2.24. The van der Waals surface area contributed by atoms with E-state index in [2.05, 4.69) is 0 Å². The van der Waals surface area contributed by atoms with Crippen LogP contribution < -0.4 is 0 Å². The summed E-state index contributed by atoms with van der Waals surface area (Å²) in [5.41, 5.74) is 1.12. The molecule has 1 aromatic carbocycles. The van der Waals surface area contributed by atoms with Crippen LogP contribution in [0, 0.1) is 0 Å². The molecule has 0 saturated carbocycles. The molecule has 1 N–H and O–H groups in total. The van der Waals surface area contributed by atoms with Crippen LogP contribution in [-0.2, 0) is 20.4 Å². The summed E-state index contributed by atoms with van der Waals surface area (Å²) in [6.07, 6.45) is -0.0869. The molecular formula is C10H13O4P. The molecule has 0 atom stereocenters. The number of hydrogen-bond acceptors (Lipinski definition) is 4. The molecule has 1 aliphatic rings. The van der Waals surface area contributed by atoms with Crippen molar-refractivity contribution in [3.05, 3.63) is 35.9 Å². The Bertz CT molecular complexity index is 285. The van der Waals surface area contributed by atoms with Gasteiger partial charge in [0.15, 0.2) is 0 Å². The van der Waals surface area contributed by atoms with Gasteiger partial charge in [0.25, 0.3) is 0 Å². The maximum atomic E-state index is 8.98. The van der Waals surface area contributed by atoms with Gasteiger partial charge < -0.3 is 18.7 Å². The molecule has 15 heavy (non-hydrogen) atoms. The molecular weight excluding hydrogens is 215 g/mol. The molecule has 1 heterocycles. The molecule has 0 unspecified atom stereocenters. The summed E-state index contributed by atoms with van der Waals surface area (Å²) in [7, 11) is -1.66. The third kappa shape index (κ3) is 3.52. The zero-order chi connectivity index (χ0) is 10.5. The predicted octanol–water partition coefficient (Wildman–Crippen LogP) is 1.84. The highest BCUT2D eigenvalue weighted by Gasteiger charge is 2.21. The van der Waals surface area contributed by atoms with Crippen molar-refractivity contribution in [3.63, 3.8) is 0 Å². The van der Waals surface area contributed by atoms with E-state index < -0.39 is 8.60 Å². The monoisotopic (exact) mass is 228 g/mol. The van der Waals surface area contributed by atoms with Gasteiger partial charge in [0.05, 0.1) is 19.8 Å². The van der Waals surface area contributed by atoms with E-state index in [1.807, 2.05) is 30.3 Å². The summed E-state index contributed by atoms with van der Waals surface area (Å²) in [5, 5.41) is 0. The van der Waals surface area contributed by atoms with Gasteiger partial charge in [-0.1, -0.05) is 30.3 Å². The minimum absolute atomic E-state index is 0.0869. The first-order chi connectivity index (χ1) is 7.34. The Labute approximate surface area is 89.8 Å². The Morgan fingerprint density at radius 2 is 1.93 bits per heavy atom. The van der Waals surface area contributed by atoms with E-state index in [0.717, 1.165) is 5.56 Å². The SMILES string of the molecule is OP1OCC(OCc2ccccc2)CO1. The van der Waals surface area contributed by atoms with Gasteiger partial charge in [0, 0.05) is 0 Å². The van der Waals surface area contributed by atoms with Crippen molar-refractivity contribution >= 4 is 8.60 Å². The first-order valence-electron chi connectivity index (χ1n) is 4.75. The highest BCUT2D eigenvalue weighted by atomic mass is 31.2. The fourth-order valence-electron chi connectivity index (χ4n) is 1.26. The average Bonchev–Trinajstić information content (AvgIpc) is 2.30. The maximum absolute atomic E-state index is 8.98. The first kappa shape index (κ1) is 11.0. The molecule has 4 nitrogen and oxygen atoms in total. The highest BCUT2D eigenvalue weighted by molar-refractivity contribution is 7.40. The molecule has 0 spiro atoms. The van der Waals surface area contributed by atoms with Gasteiger partial charge in [0.1, 0.15) is 6.10 Å².